The van der Waals surface area contributed by atoms with E-state index < -0.39 is 0 Å². The fourth-order valence-electron chi connectivity index (χ4n) is 3.53. The van der Waals surface area contributed by atoms with Crippen LogP contribution in [0.25, 0.3) is 0 Å². The van der Waals surface area contributed by atoms with Crippen LogP contribution in [0.5, 0.6) is 0 Å². The molecule has 25 heavy (non-hydrogen) atoms. The van der Waals surface area contributed by atoms with Crippen LogP contribution in [-0.2, 0) is 9.59 Å². The van der Waals surface area contributed by atoms with E-state index in [2.05, 4.69) is 20.8 Å². The quantitative estimate of drug-likeness (QED) is 0.580. The van der Waals surface area contributed by atoms with Gasteiger partial charge in [0, 0.05) is 12.0 Å². The normalized spacial score (nSPS) is 19.5. The van der Waals surface area contributed by atoms with Crippen LogP contribution in [0, 0.1) is 5.92 Å². The second-order valence-corrected chi connectivity index (χ2v) is 9.09. The van der Waals surface area contributed by atoms with Crippen molar-refractivity contribution < 1.29 is 9.59 Å². The number of anilines is 1. The van der Waals surface area contributed by atoms with E-state index in [1.165, 1.54) is 48.8 Å². The van der Waals surface area contributed by atoms with Gasteiger partial charge in [-0.15, -0.1) is 10.2 Å². The first-order valence-electron chi connectivity index (χ1n) is 9.27. The molecule has 0 bridgehead atoms. The van der Waals surface area contributed by atoms with E-state index in [4.69, 9.17) is 0 Å². The van der Waals surface area contributed by atoms with E-state index in [-0.39, 0.29) is 17.7 Å². The molecule has 0 aliphatic heterocycles. The Hall–Kier alpha value is -1.15. The van der Waals surface area contributed by atoms with Crippen LogP contribution in [0.15, 0.2) is 4.34 Å². The highest BCUT2D eigenvalue weighted by Crippen LogP contribution is 2.28. The van der Waals surface area contributed by atoms with Crippen LogP contribution < -0.4 is 10.6 Å². The maximum Gasteiger partial charge on any atom is 0.230 e. The predicted molar refractivity (Wildman–Crippen MR) is 101 cm³/mol. The molecule has 1 aromatic rings. The first-order chi connectivity index (χ1) is 12.2. The molecular formula is C17H26N4O2S2. The molecule has 0 unspecified atom stereocenters. The van der Waals surface area contributed by atoms with Crippen molar-refractivity contribution in [2.75, 3.05) is 11.1 Å². The largest absolute Gasteiger partial charge is 0.353 e. The van der Waals surface area contributed by atoms with Gasteiger partial charge in [-0.1, -0.05) is 61.6 Å². The topological polar surface area (TPSA) is 84.0 Å². The molecule has 0 aromatic carbocycles. The summed E-state index contributed by atoms with van der Waals surface area (Å²) in [6.45, 7) is 0. The number of nitrogens with one attached hydrogen (secondary N) is 2. The minimum absolute atomic E-state index is 0.0555. The van der Waals surface area contributed by atoms with Gasteiger partial charge in [0.25, 0.3) is 0 Å². The summed E-state index contributed by atoms with van der Waals surface area (Å²) in [4.78, 5) is 24.3. The van der Waals surface area contributed by atoms with Gasteiger partial charge in [0.15, 0.2) is 4.34 Å². The summed E-state index contributed by atoms with van der Waals surface area (Å²) in [5.41, 5.74) is 0. The molecule has 138 valence electrons. The zero-order valence-electron chi connectivity index (χ0n) is 14.5. The van der Waals surface area contributed by atoms with Crippen molar-refractivity contribution in [3.63, 3.8) is 0 Å². The molecule has 2 fully saturated rings. The number of thioether (sulfide) groups is 1. The number of rotatable bonds is 6. The fourth-order valence-corrected chi connectivity index (χ4v) is 5.10. The van der Waals surface area contributed by atoms with Gasteiger partial charge < -0.3 is 10.6 Å². The van der Waals surface area contributed by atoms with Crippen LogP contribution in [0.2, 0.25) is 0 Å². The van der Waals surface area contributed by atoms with Crippen molar-refractivity contribution >= 4 is 40.0 Å². The molecule has 2 saturated carbocycles. The van der Waals surface area contributed by atoms with Crippen molar-refractivity contribution in [3.05, 3.63) is 0 Å². The van der Waals surface area contributed by atoms with Crippen LogP contribution in [0.1, 0.15) is 64.2 Å². The number of carbonyl (C=O) groups excluding carboxylic acids is 2. The first-order valence-corrected chi connectivity index (χ1v) is 11.1. The van der Waals surface area contributed by atoms with Crippen LogP contribution >= 0.6 is 23.1 Å². The van der Waals surface area contributed by atoms with E-state index in [1.54, 1.807) is 0 Å². The predicted octanol–water partition coefficient (Wildman–Crippen LogP) is 3.60. The van der Waals surface area contributed by atoms with Gasteiger partial charge >= 0.3 is 0 Å². The highest BCUT2D eigenvalue weighted by atomic mass is 32.2. The first kappa shape index (κ1) is 18.6. The number of carbonyl (C=O) groups is 2. The number of hydrogen-bond acceptors (Lipinski definition) is 6. The SMILES string of the molecule is O=C(CSc1nnc(NC(=O)C2CCCCC2)s1)NC1CCCCC1. The molecule has 1 heterocycles. The summed E-state index contributed by atoms with van der Waals surface area (Å²) in [6, 6.07) is 0.335. The Morgan fingerprint density at radius 1 is 1.00 bits per heavy atom. The van der Waals surface area contributed by atoms with E-state index in [0.717, 1.165) is 42.9 Å². The average molecular weight is 383 g/mol. The highest BCUT2D eigenvalue weighted by Gasteiger charge is 2.22. The summed E-state index contributed by atoms with van der Waals surface area (Å²) in [5.74, 6) is 0.569. The molecular weight excluding hydrogens is 356 g/mol. The lowest BCUT2D eigenvalue weighted by Gasteiger charge is -2.22. The zero-order chi connectivity index (χ0) is 17.5. The average Bonchev–Trinajstić information content (AvgIpc) is 3.09. The Balaban J connectivity index is 1.40. The molecule has 0 radical (unpaired) electrons. The Kier molecular flexibility index (Phi) is 7.10. The summed E-state index contributed by atoms with van der Waals surface area (Å²) < 4.78 is 0.720. The molecule has 3 rings (SSSR count). The van der Waals surface area contributed by atoms with Crippen molar-refractivity contribution in [1.29, 1.82) is 0 Å². The van der Waals surface area contributed by atoms with Gasteiger partial charge in [-0.25, -0.2) is 0 Å². The van der Waals surface area contributed by atoms with E-state index >= 15 is 0 Å². The molecule has 2 amide bonds. The van der Waals surface area contributed by atoms with Gasteiger partial charge in [0.2, 0.25) is 16.9 Å². The van der Waals surface area contributed by atoms with Gasteiger partial charge in [-0.3, -0.25) is 9.59 Å². The molecule has 2 aliphatic rings. The highest BCUT2D eigenvalue weighted by molar-refractivity contribution is 8.01. The Bertz CT molecular complexity index is 581. The molecule has 6 nitrogen and oxygen atoms in total. The van der Waals surface area contributed by atoms with Crippen molar-refractivity contribution in [1.82, 2.24) is 15.5 Å². The lowest BCUT2D eigenvalue weighted by molar-refractivity contribution is -0.121. The molecule has 2 aliphatic carbocycles. The summed E-state index contributed by atoms with van der Waals surface area (Å²) in [5, 5.41) is 14.6. The Morgan fingerprint density at radius 2 is 1.68 bits per heavy atom. The second kappa shape index (κ2) is 9.52. The zero-order valence-corrected chi connectivity index (χ0v) is 16.1. The number of nitrogens with zero attached hydrogens (tertiary/aromatic N) is 2. The lowest BCUT2D eigenvalue weighted by atomic mass is 9.89. The van der Waals surface area contributed by atoms with Crippen molar-refractivity contribution in [3.8, 4) is 0 Å². The molecule has 0 atom stereocenters. The van der Waals surface area contributed by atoms with Gasteiger partial charge in [-0.05, 0) is 25.7 Å². The summed E-state index contributed by atoms with van der Waals surface area (Å²) in [7, 11) is 0. The maximum atomic E-state index is 12.2. The monoisotopic (exact) mass is 382 g/mol. The summed E-state index contributed by atoms with van der Waals surface area (Å²) >= 11 is 2.72. The second-order valence-electron chi connectivity index (χ2n) is 6.89. The van der Waals surface area contributed by atoms with Crippen LogP contribution in [-0.4, -0.2) is 33.8 Å². The minimum atomic E-state index is 0.0555. The molecule has 2 N–H and O–H groups in total. The number of aromatic nitrogens is 2. The minimum Gasteiger partial charge on any atom is -0.353 e. The van der Waals surface area contributed by atoms with Crippen LogP contribution in [0.3, 0.4) is 0 Å². The molecule has 0 spiro atoms. The molecule has 8 heteroatoms. The van der Waals surface area contributed by atoms with E-state index in [0.29, 0.717) is 16.9 Å². The number of amides is 2. The third-order valence-electron chi connectivity index (χ3n) is 4.91. The summed E-state index contributed by atoms with van der Waals surface area (Å²) in [6.07, 6.45) is 11.3. The number of hydrogen-bond donors (Lipinski definition) is 2. The van der Waals surface area contributed by atoms with Crippen molar-refractivity contribution in [2.45, 2.75) is 74.6 Å². The van der Waals surface area contributed by atoms with Crippen LogP contribution in [0.4, 0.5) is 5.13 Å². The Labute approximate surface area is 156 Å². The van der Waals surface area contributed by atoms with Gasteiger partial charge in [-0.2, -0.15) is 0 Å². The van der Waals surface area contributed by atoms with Gasteiger partial charge in [0.1, 0.15) is 0 Å². The Morgan fingerprint density at radius 3 is 2.40 bits per heavy atom. The molecule has 0 saturated heterocycles. The lowest BCUT2D eigenvalue weighted by Crippen LogP contribution is -2.37. The van der Waals surface area contributed by atoms with Crippen molar-refractivity contribution in [2.24, 2.45) is 5.92 Å². The third kappa shape index (κ3) is 5.95. The molecule has 1 aromatic heterocycles. The fraction of sp³-hybridized carbons (Fsp3) is 0.765. The van der Waals surface area contributed by atoms with Gasteiger partial charge in [0.05, 0.1) is 5.75 Å². The van der Waals surface area contributed by atoms with E-state index in [9.17, 15) is 9.59 Å². The van der Waals surface area contributed by atoms with E-state index in [1.807, 2.05) is 0 Å². The smallest absolute Gasteiger partial charge is 0.230 e. The standard InChI is InChI=1S/C17H26N4O2S2/c22-14(18-13-9-5-2-6-10-13)11-24-17-21-20-16(25-17)19-15(23)12-7-3-1-4-8-12/h12-13H,1-11H2,(H,18,22)(H,19,20,23). The maximum absolute atomic E-state index is 12.2. The third-order valence-corrected chi connectivity index (χ3v) is 6.88.